The van der Waals surface area contributed by atoms with Crippen molar-refractivity contribution in [3.05, 3.63) is 11.7 Å². The molecule has 0 saturated carbocycles. The summed E-state index contributed by atoms with van der Waals surface area (Å²) in [7, 11) is -1.38. The number of hydrogen-bond donors (Lipinski definition) is 1. The van der Waals surface area contributed by atoms with E-state index in [0.29, 0.717) is 19.1 Å². The van der Waals surface area contributed by atoms with Crippen molar-refractivity contribution in [1.29, 1.82) is 0 Å². The minimum absolute atomic E-state index is 0.0250. The Bertz CT molecular complexity index is 513. The van der Waals surface area contributed by atoms with Gasteiger partial charge in [0.2, 0.25) is 5.89 Å². The summed E-state index contributed by atoms with van der Waals surface area (Å²) in [6.07, 6.45) is 1.16. The minimum atomic E-state index is -3.22. The van der Waals surface area contributed by atoms with Gasteiger partial charge in [0.1, 0.15) is 5.25 Å². The molecule has 2 heterocycles. The van der Waals surface area contributed by atoms with Gasteiger partial charge in [0, 0.05) is 12.3 Å². The fraction of sp³-hybridized carbons (Fsp3) is 0.800. The van der Waals surface area contributed by atoms with E-state index in [4.69, 9.17) is 9.26 Å². The molecule has 0 aliphatic carbocycles. The van der Waals surface area contributed by atoms with Gasteiger partial charge in [-0.3, -0.25) is 0 Å². The molecule has 7 nitrogen and oxygen atoms in total. The lowest BCUT2D eigenvalue weighted by molar-refractivity contribution is 0.185. The lowest BCUT2D eigenvalue weighted by atomic mass is 10.0. The van der Waals surface area contributed by atoms with Crippen molar-refractivity contribution in [2.75, 3.05) is 26.5 Å². The number of aromatic nitrogens is 2. The largest absolute Gasteiger partial charge is 0.379 e. The maximum Gasteiger partial charge on any atom is 0.233 e. The van der Waals surface area contributed by atoms with Gasteiger partial charge in [0.05, 0.1) is 19.1 Å². The standard InChI is InChI=1S/C10H17N3O4S/c1-6(18(3,14)15)9-12-10(17-13-9)7-4-16-5-8(7)11-2/h6-8,11H,4-5H2,1-3H3. The highest BCUT2D eigenvalue weighted by Crippen LogP contribution is 2.26. The SMILES string of the molecule is CNC1COCC1c1nc(C(C)S(C)(=O)=O)no1. The van der Waals surface area contributed by atoms with Crippen LogP contribution in [0.5, 0.6) is 0 Å². The molecular formula is C10H17N3O4S. The van der Waals surface area contributed by atoms with Gasteiger partial charge in [-0.05, 0) is 14.0 Å². The Kier molecular flexibility index (Phi) is 3.69. The van der Waals surface area contributed by atoms with Crippen LogP contribution in [0.15, 0.2) is 4.52 Å². The average molecular weight is 275 g/mol. The van der Waals surface area contributed by atoms with E-state index in [1.54, 1.807) is 6.92 Å². The van der Waals surface area contributed by atoms with Gasteiger partial charge in [0.25, 0.3) is 0 Å². The first-order valence-electron chi connectivity index (χ1n) is 5.71. The summed E-state index contributed by atoms with van der Waals surface area (Å²) < 4.78 is 33.3. The van der Waals surface area contributed by atoms with Crippen LogP contribution in [0.2, 0.25) is 0 Å². The number of sulfone groups is 1. The summed E-state index contributed by atoms with van der Waals surface area (Å²) in [4.78, 5) is 4.18. The van der Waals surface area contributed by atoms with Gasteiger partial charge in [0.15, 0.2) is 15.7 Å². The maximum atomic E-state index is 11.4. The van der Waals surface area contributed by atoms with E-state index in [2.05, 4.69) is 15.5 Å². The minimum Gasteiger partial charge on any atom is -0.379 e. The van der Waals surface area contributed by atoms with Crippen molar-refractivity contribution in [3.63, 3.8) is 0 Å². The van der Waals surface area contributed by atoms with Gasteiger partial charge < -0.3 is 14.6 Å². The molecule has 3 unspecified atom stereocenters. The third kappa shape index (κ3) is 2.55. The lowest BCUT2D eigenvalue weighted by Crippen LogP contribution is -2.31. The second kappa shape index (κ2) is 4.94. The number of nitrogens with zero attached hydrogens (tertiary/aromatic N) is 2. The van der Waals surface area contributed by atoms with Gasteiger partial charge in [-0.25, -0.2) is 8.42 Å². The first-order valence-corrected chi connectivity index (χ1v) is 7.66. The average Bonchev–Trinajstić information content (AvgIpc) is 2.94. The van der Waals surface area contributed by atoms with Crippen molar-refractivity contribution in [3.8, 4) is 0 Å². The highest BCUT2D eigenvalue weighted by Gasteiger charge is 2.34. The van der Waals surface area contributed by atoms with Crippen molar-refractivity contribution in [1.82, 2.24) is 15.5 Å². The zero-order chi connectivity index (χ0) is 13.3. The van der Waals surface area contributed by atoms with Crippen LogP contribution in [-0.2, 0) is 14.6 Å². The highest BCUT2D eigenvalue weighted by atomic mass is 32.2. The van der Waals surface area contributed by atoms with E-state index in [1.807, 2.05) is 7.05 Å². The molecule has 3 atom stereocenters. The number of ether oxygens (including phenoxy) is 1. The molecule has 18 heavy (non-hydrogen) atoms. The number of nitrogens with one attached hydrogen (secondary N) is 1. The van der Waals surface area contributed by atoms with Crippen LogP contribution in [0, 0.1) is 0 Å². The van der Waals surface area contributed by atoms with Crippen LogP contribution in [0.3, 0.4) is 0 Å². The van der Waals surface area contributed by atoms with Crippen LogP contribution in [-0.4, -0.2) is 51.1 Å². The molecule has 1 aromatic heterocycles. The third-order valence-corrected chi connectivity index (χ3v) is 4.73. The van der Waals surface area contributed by atoms with E-state index in [9.17, 15) is 8.42 Å². The van der Waals surface area contributed by atoms with Crippen LogP contribution in [0.4, 0.5) is 0 Å². The first kappa shape index (κ1) is 13.4. The van der Waals surface area contributed by atoms with E-state index >= 15 is 0 Å². The van der Waals surface area contributed by atoms with Crippen LogP contribution < -0.4 is 5.32 Å². The van der Waals surface area contributed by atoms with Crippen molar-refractivity contribution in [2.45, 2.75) is 24.1 Å². The summed E-state index contributed by atoms with van der Waals surface area (Å²) >= 11 is 0. The molecule has 8 heteroatoms. The third-order valence-electron chi connectivity index (χ3n) is 3.23. The van der Waals surface area contributed by atoms with Crippen molar-refractivity contribution >= 4 is 9.84 Å². The Balaban J connectivity index is 2.20. The zero-order valence-electron chi connectivity index (χ0n) is 10.6. The summed E-state index contributed by atoms with van der Waals surface area (Å²) in [5.74, 6) is 0.606. The first-order chi connectivity index (χ1) is 8.43. The Hall–Kier alpha value is -0.990. The molecule has 1 aliphatic heterocycles. The molecule has 1 N–H and O–H groups in total. The zero-order valence-corrected chi connectivity index (χ0v) is 11.4. The van der Waals surface area contributed by atoms with Gasteiger partial charge >= 0.3 is 0 Å². The van der Waals surface area contributed by atoms with Crippen LogP contribution in [0.1, 0.15) is 29.8 Å². The fourth-order valence-corrected chi connectivity index (χ4v) is 2.32. The van der Waals surface area contributed by atoms with E-state index < -0.39 is 15.1 Å². The van der Waals surface area contributed by atoms with Gasteiger partial charge in [-0.15, -0.1) is 0 Å². The summed E-state index contributed by atoms with van der Waals surface area (Å²) in [5.41, 5.74) is 0. The molecule has 0 amide bonds. The topological polar surface area (TPSA) is 94.3 Å². The predicted molar refractivity (Wildman–Crippen MR) is 64.0 cm³/mol. The number of hydrogen-bond acceptors (Lipinski definition) is 7. The number of likely N-dealkylation sites (N-methyl/N-ethyl adjacent to an activating group) is 1. The van der Waals surface area contributed by atoms with Gasteiger partial charge in [-0.1, -0.05) is 5.16 Å². The summed E-state index contributed by atoms with van der Waals surface area (Å²) in [6, 6.07) is 0.117. The molecule has 0 spiro atoms. The molecule has 1 aliphatic rings. The normalized spacial score (nSPS) is 26.4. The summed E-state index contributed by atoms with van der Waals surface area (Å²) in [5, 5.41) is 6.10. The van der Waals surface area contributed by atoms with Crippen molar-refractivity contribution < 1.29 is 17.7 Å². The molecule has 2 rings (SSSR count). The van der Waals surface area contributed by atoms with Gasteiger partial charge in [-0.2, -0.15) is 4.98 Å². The molecule has 0 bridgehead atoms. The second-order valence-electron chi connectivity index (χ2n) is 4.50. The molecule has 0 aromatic carbocycles. The van der Waals surface area contributed by atoms with E-state index in [-0.39, 0.29) is 17.8 Å². The van der Waals surface area contributed by atoms with E-state index in [1.165, 1.54) is 0 Å². The van der Waals surface area contributed by atoms with Crippen LogP contribution in [0.25, 0.3) is 0 Å². The molecule has 102 valence electrons. The molecule has 1 fully saturated rings. The second-order valence-corrected chi connectivity index (χ2v) is 6.87. The smallest absolute Gasteiger partial charge is 0.233 e. The lowest BCUT2D eigenvalue weighted by Gasteiger charge is -2.11. The predicted octanol–water partition coefficient (Wildman–Crippen LogP) is -0.123. The Morgan fingerprint density at radius 2 is 2.17 bits per heavy atom. The Morgan fingerprint density at radius 1 is 1.44 bits per heavy atom. The fourth-order valence-electron chi connectivity index (χ4n) is 1.84. The molecule has 1 saturated heterocycles. The molecule has 1 aromatic rings. The molecular weight excluding hydrogens is 258 g/mol. The Labute approximate surface area is 106 Å². The van der Waals surface area contributed by atoms with Crippen molar-refractivity contribution in [2.24, 2.45) is 0 Å². The number of rotatable bonds is 4. The monoisotopic (exact) mass is 275 g/mol. The quantitative estimate of drug-likeness (QED) is 0.818. The maximum absolute atomic E-state index is 11.4. The van der Waals surface area contributed by atoms with Crippen LogP contribution >= 0.6 is 0 Å². The summed E-state index contributed by atoms with van der Waals surface area (Å²) in [6.45, 7) is 2.63. The highest BCUT2D eigenvalue weighted by molar-refractivity contribution is 7.90. The Morgan fingerprint density at radius 3 is 2.78 bits per heavy atom. The molecule has 0 radical (unpaired) electrons. The van der Waals surface area contributed by atoms with E-state index in [0.717, 1.165) is 6.26 Å².